The molecule has 190 valence electrons. The first-order valence-corrected chi connectivity index (χ1v) is 15.6. The molecular weight excluding hydrogens is 668 g/mol. The van der Waals surface area contributed by atoms with E-state index < -0.39 is 6.04 Å². The molecule has 0 aliphatic carbocycles. The predicted octanol–water partition coefficient (Wildman–Crippen LogP) is 5.21. The van der Waals surface area contributed by atoms with Crippen LogP contribution in [0.4, 0.5) is 5.69 Å². The Labute approximate surface area is 243 Å². The quantitative estimate of drug-likeness (QED) is 0.0865. The maximum atomic E-state index is 12.1. The van der Waals surface area contributed by atoms with Crippen molar-refractivity contribution >= 4 is 108 Å². The van der Waals surface area contributed by atoms with Gasteiger partial charge in [0.15, 0.2) is 0 Å². The number of aromatic nitrogens is 1. The van der Waals surface area contributed by atoms with Crippen LogP contribution in [-0.4, -0.2) is 47.4 Å². The smallest absolute Gasteiger partial charge is 0.236 e. The summed E-state index contributed by atoms with van der Waals surface area (Å²) in [6.45, 7) is 1.09. The number of rotatable bonds is 15. The molecule has 0 spiro atoms. The zero-order valence-electron chi connectivity index (χ0n) is 18.1. The first-order valence-electron chi connectivity index (χ1n) is 9.85. The molecule has 0 bridgehead atoms. The number of halogens is 3. The van der Waals surface area contributed by atoms with Gasteiger partial charge in [0, 0.05) is 42.1 Å². The molecule has 34 heavy (non-hydrogen) atoms. The van der Waals surface area contributed by atoms with Gasteiger partial charge in [0.1, 0.15) is 5.03 Å². The standard InChI is InChI=1S/C20H26IN5O2S4.2ClH/c21-26-16-5-1-2-6-17(16)31-29-13-11-23-18(27)9-8-15(22)20(28)25-12-14-30-32-19-7-3-4-10-24-19;;/h1-7,10,15,26H,8-9,11-14,22H2,(H,23,27)(H,25,28);2*1H. The summed E-state index contributed by atoms with van der Waals surface area (Å²) in [5, 5.41) is 6.63. The Hall–Kier alpha value is -0.220. The van der Waals surface area contributed by atoms with Crippen LogP contribution < -0.4 is 19.9 Å². The number of carbonyl (C=O) groups is 2. The van der Waals surface area contributed by atoms with Gasteiger partial charge in [0.25, 0.3) is 0 Å². The van der Waals surface area contributed by atoms with Crippen molar-refractivity contribution in [2.45, 2.75) is 28.8 Å². The number of carbonyl (C=O) groups excluding carboxylic acids is 2. The molecule has 1 atom stereocenters. The number of amides is 2. The zero-order valence-corrected chi connectivity index (χ0v) is 25.2. The van der Waals surface area contributed by atoms with Crippen molar-refractivity contribution in [1.82, 2.24) is 15.6 Å². The predicted molar refractivity (Wildman–Crippen MR) is 163 cm³/mol. The molecule has 1 aromatic carbocycles. The van der Waals surface area contributed by atoms with E-state index >= 15 is 0 Å². The Morgan fingerprint density at radius 1 is 0.971 bits per heavy atom. The number of nitrogens with one attached hydrogen (secondary N) is 3. The molecule has 0 aliphatic heterocycles. The fourth-order valence-electron chi connectivity index (χ4n) is 2.31. The molecule has 2 aromatic rings. The lowest BCUT2D eigenvalue weighted by Gasteiger charge is -2.12. The van der Waals surface area contributed by atoms with E-state index in [0.29, 0.717) is 19.5 Å². The van der Waals surface area contributed by atoms with Crippen LogP contribution in [0.1, 0.15) is 12.8 Å². The highest BCUT2D eigenvalue weighted by Crippen LogP contribution is 2.36. The Morgan fingerprint density at radius 2 is 1.65 bits per heavy atom. The second-order valence-corrected chi connectivity index (χ2v) is 11.8. The molecule has 0 saturated carbocycles. The van der Waals surface area contributed by atoms with E-state index in [1.165, 1.54) is 0 Å². The Kier molecular flexibility index (Phi) is 20.8. The maximum Gasteiger partial charge on any atom is 0.236 e. The molecule has 1 unspecified atom stereocenters. The third-order valence-electron chi connectivity index (χ3n) is 3.93. The molecule has 2 amide bonds. The highest BCUT2D eigenvalue weighted by atomic mass is 127. The lowest BCUT2D eigenvalue weighted by molar-refractivity contribution is -0.123. The van der Waals surface area contributed by atoms with Crippen LogP contribution in [0.15, 0.2) is 58.6 Å². The van der Waals surface area contributed by atoms with Gasteiger partial charge in [-0.25, -0.2) is 4.98 Å². The maximum absolute atomic E-state index is 12.1. The van der Waals surface area contributed by atoms with Gasteiger partial charge in [0.05, 0.1) is 34.6 Å². The number of anilines is 1. The first-order chi connectivity index (χ1) is 15.6. The highest BCUT2D eigenvalue weighted by molar-refractivity contribution is 14.1. The van der Waals surface area contributed by atoms with E-state index in [2.05, 4.69) is 48.1 Å². The van der Waals surface area contributed by atoms with Crippen LogP contribution in [-0.2, 0) is 9.59 Å². The van der Waals surface area contributed by atoms with E-state index in [0.717, 1.165) is 27.1 Å². The van der Waals surface area contributed by atoms with Crippen molar-refractivity contribution in [3.8, 4) is 0 Å². The second kappa shape index (κ2) is 20.9. The van der Waals surface area contributed by atoms with Crippen LogP contribution in [0.2, 0.25) is 0 Å². The van der Waals surface area contributed by atoms with Crippen molar-refractivity contribution in [3.05, 3.63) is 48.7 Å². The van der Waals surface area contributed by atoms with Crippen molar-refractivity contribution in [2.24, 2.45) is 5.73 Å². The fourth-order valence-corrected chi connectivity index (χ4v) is 6.80. The van der Waals surface area contributed by atoms with Crippen LogP contribution in [0.3, 0.4) is 0 Å². The number of benzene rings is 1. The summed E-state index contributed by atoms with van der Waals surface area (Å²) in [5.74, 6) is 1.22. The molecule has 0 fully saturated rings. The Balaban J connectivity index is 0.00000544. The summed E-state index contributed by atoms with van der Waals surface area (Å²) in [5.41, 5.74) is 6.99. The number of para-hydroxylation sites is 1. The van der Waals surface area contributed by atoms with Crippen LogP contribution in [0.5, 0.6) is 0 Å². The number of nitrogens with two attached hydrogens (primary N) is 1. The second-order valence-electron chi connectivity index (χ2n) is 6.36. The monoisotopic (exact) mass is 695 g/mol. The van der Waals surface area contributed by atoms with Crippen LogP contribution in [0.25, 0.3) is 0 Å². The highest BCUT2D eigenvalue weighted by Gasteiger charge is 2.14. The fraction of sp³-hybridized carbons (Fsp3) is 0.350. The Bertz CT molecular complexity index is 846. The van der Waals surface area contributed by atoms with E-state index in [1.54, 1.807) is 49.4 Å². The number of pyridine rings is 1. The van der Waals surface area contributed by atoms with Crippen LogP contribution in [0, 0.1) is 0 Å². The van der Waals surface area contributed by atoms with Crippen molar-refractivity contribution in [2.75, 3.05) is 28.1 Å². The number of hydrogen-bond acceptors (Lipinski definition) is 9. The third-order valence-corrected chi connectivity index (χ3v) is 9.20. The molecule has 0 radical (unpaired) electrons. The Morgan fingerprint density at radius 3 is 2.35 bits per heavy atom. The van der Waals surface area contributed by atoms with Gasteiger partial charge in [0.2, 0.25) is 11.8 Å². The van der Waals surface area contributed by atoms with E-state index in [1.807, 2.05) is 36.4 Å². The van der Waals surface area contributed by atoms with Crippen molar-refractivity contribution < 1.29 is 9.59 Å². The average Bonchev–Trinajstić information content (AvgIpc) is 2.82. The summed E-state index contributed by atoms with van der Waals surface area (Å²) >= 11 is 2.12. The summed E-state index contributed by atoms with van der Waals surface area (Å²) in [6.07, 6.45) is 2.31. The molecule has 1 aromatic heterocycles. The van der Waals surface area contributed by atoms with Crippen molar-refractivity contribution in [3.63, 3.8) is 0 Å². The summed E-state index contributed by atoms with van der Waals surface area (Å²) in [6, 6.07) is 13.1. The molecule has 7 nitrogen and oxygen atoms in total. The molecule has 0 aliphatic rings. The molecule has 2 rings (SSSR count). The third kappa shape index (κ3) is 14.4. The van der Waals surface area contributed by atoms with Crippen LogP contribution >= 0.6 is 90.9 Å². The zero-order chi connectivity index (χ0) is 23.0. The molecule has 1 heterocycles. The molecule has 0 saturated heterocycles. The minimum atomic E-state index is -0.684. The molecule has 5 N–H and O–H groups in total. The normalized spacial score (nSPS) is 10.9. The van der Waals surface area contributed by atoms with Gasteiger partial charge in [-0.15, -0.1) is 24.8 Å². The average molecular weight is 697 g/mol. The lowest BCUT2D eigenvalue weighted by atomic mass is 10.1. The van der Waals surface area contributed by atoms with Gasteiger partial charge < -0.3 is 19.9 Å². The van der Waals surface area contributed by atoms with Gasteiger partial charge in [-0.1, -0.05) is 50.6 Å². The minimum absolute atomic E-state index is 0. The number of nitrogens with zero attached hydrogens (tertiary/aromatic N) is 1. The van der Waals surface area contributed by atoms with Gasteiger partial charge in [-0.05, 0) is 41.5 Å². The van der Waals surface area contributed by atoms with Gasteiger partial charge >= 0.3 is 0 Å². The first kappa shape index (κ1) is 33.8. The lowest BCUT2D eigenvalue weighted by Crippen LogP contribution is -2.42. The summed E-state index contributed by atoms with van der Waals surface area (Å²) < 4.78 is 3.13. The molecular formula is C20H28Cl2IN5O2S4. The van der Waals surface area contributed by atoms with E-state index in [-0.39, 0.29) is 43.0 Å². The summed E-state index contributed by atoms with van der Waals surface area (Å²) in [4.78, 5) is 29.4. The van der Waals surface area contributed by atoms with Gasteiger partial charge in [-0.3, -0.25) is 9.59 Å². The SMILES string of the molecule is Cl.Cl.NC(CCC(=O)NCCSSc1ccccc1NI)C(=O)NCCSSc1ccccn1. The summed E-state index contributed by atoms with van der Waals surface area (Å²) in [7, 11) is 6.54. The van der Waals surface area contributed by atoms with Gasteiger partial charge in [-0.2, -0.15) is 0 Å². The molecule has 14 heteroatoms. The largest absolute Gasteiger partial charge is 0.355 e. The van der Waals surface area contributed by atoms with E-state index in [4.69, 9.17) is 5.73 Å². The number of hydrogen-bond donors (Lipinski definition) is 4. The van der Waals surface area contributed by atoms with Crippen molar-refractivity contribution in [1.29, 1.82) is 0 Å². The van der Waals surface area contributed by atoms with E-state index in [9.17, 15) is 9.59 Å². The topological polar surface area (TPSA) is 109 Å². The minimum Gasteiger partial charge on any atom is -0.355 e.